The maximum atomic E-state index is 13.0. The maximum absolute atomic E-state index is 13.0. The summed E-state index contributed by atoms with van der Waals surface area (Å²) in [5.74, 6) is -0.298. The molecule has 104 valence electrons. The summed E-state index contributed by atoms with van der Waals surface area (Å²) in [7, 11) is 1.66. The van der Waals surface area contributed by atoms with Crippen LogP contribution in [0, 0.1) is 12.7 Å². The molecule has 0 unspecified atom stereocenters. The minimum absolute atomic E-state index is 0.105. The van der Waals surface area contributed by atoms with Gasteiger partial charge in [-0.25, -0.2) is 9.18 Å². The lowest BCUT2D eigenvalue weighted by atomic mass is 10.1. The Bertz CT molecular complexity index is 465. The summed E-state index contributed by atoms with van der Waals surface area (Å²) in [6, 6.07) is 4.18. The van der Waals surface area contributed by atoms with Gasteiger partial charge in [0.25, 0.3) is 0 Å². The van der Waals surface area contributed by atoms with Crippen molar-refractivity contribution in [3.63, 3.8) is 0 Å². The fourth-order valence-corrected chi connectivity index (χ4v) is 2.28. The Morgan fingerprint density at radius 2 is 2.32 bits per heavy atom. The number of carbonyl (C=O) groups excluding carboxylic acids is 1. The second-order valence-corrected chi connectivity index (χ2v) is 4.84. The first-order valence-electron chi connectivity index (χ1n) is 6.45. The molecule has 1 aromatic rings. The van der Waals surface area contributed by atoms with Gasteiger partial charge in [0.05, 0.1) is 6.10 Å². The zero-order valence-electron chi connectivity index (χ0n) is 11.3. The number of methoxy groups -OCH3 is 1. The van der Waals surface area contributed by atoms with Crippen molar-refractivity contribution in [3.8, 4) is 0 Å². The molecular formula is C14H19FN2O2. The zero-order valence-corrected chi connectivity index (χ0v) is 11.3. The minimum atomic E-state index is -0.298. The summed E-state index contributed by atoms with van der Waals surface area (Å²) >= 11 is 0. The third-order valence-electron chi connectivity index (χ3n) is 3.43. The second kappa shape index (κ2) is 6.02. The number of piperidine rings is 1. The lowest BCUT2D eigenvalue weighted by Crippen LogP contribution is -2.44. The van der Waals surface area contributed by atoms with Gasteiger partial charge >= 0.3 is 6.03 Å². The molecule has 5 heteroatoms. The third-order valence-corrected chi connectivity index (χ3v) is 3.43. The number of nitrogens with zero attached hydrogens (tertiary/aromatic N) is 1. The van der Waals surface area contributed by atoms with E-state index in [4.69, 9.17) is 4.74 Å². The number of rotatable bonds is 2. The van der Waals surface area contributed by atoms with E-state index in [1.165, 1.54) is 12.1 Å². The molecular weight excluding hydrogens is 247 g/mol. The summed E-state index contributed by atoms with van der Waals surface area (Å²) in [5.41, 5.74) is 1.36. The molecule has 1 saturated heterocycles. The van der Waals surface area contributed by atoms with Crippen molar-refractivity contribution in [2.24, 2.45) is 0 Å². The van der Waals surface area contributed by atoms with Crippen LogP contribution in [-0.2, 0) is 4.74 Å². The van der Waals surface area contributed by atoms with Crippen LogP contribution < -0.4 is 5.32 Å². The van der Waals surface area contributed by atoms with Crippen molar-refractivity contribution in [2.75, 3.05) is 25.5 Å². The lowest BCUT2D eigenvalue weighted by molar-refractivity contribution is 0.0458. The molecule has 19 heavy (non-hydrogen) atoms. The number of benzene rings is 1. The SMILES string of the molecule is CO[C@@H]1CCCN(C(=O)Nc2ccc(F)cc2C)C1. The molecule has 1 fully saturated rings. The fraction of sp³-hybridized carbons (Fsp3) is 0.500. The maximum Gasteiger partial charge on any atom is 0.321 e. The van der Waals surface area contributed by atoms with Gasteiger partial charge in [-0.15, -0.1) is 0 Å². The molecule has 1 aromatic carbocycles. The number of anilines is 1. The van der Waals surface area contributed by atoms with Crippen molar-refractivity contribution in [3.05, 3.63) is 29.6 Å². The highest BCUT2D eigenvalue weighted by Crippen LogP contribution is 2.18. The quantitative estimate of drug-likeness (QED) is 0.894. The van der Waals surface area contributed by atoms with Crippen LogP contribution in [0.1, 0.15) is 18.4 Å². The Labute approximate surface area is 112 Å². The molecule has 0 spiro atoms. The number of amides is 2. The topological polar surface area (TPSA) is 41.6 Å². The number of carbonyl (C=O) groups is 1. The van der Waals surface area contributed by atoms with Crippen LogP contribution in [0.2, 0.25) is 0 Å². The van der Waals surface area contributed by atoms with E-state index < -0.39 is 0 Å². The van der Waals surface area contributed by atoms with Gasteiger partial charge < -0.3 is 15.0 Å². The molecule has 0 radical (unpaired) electrons. The summed E-state index contributed by atoms with van der Waals surface area (Å²) in [6.07, 6.45) is 2.03. The first-order chi connectivity index (χ1) is 9.10. The predicted octanol–water partition coefficient (Wildman–Crippen LogP) is 2.78. The molecule has 2 amide bonds. The number of urea groups is 1. The largest absolute Gasteiger partial charge is 0.380 e. The van der Waals surface area contributed by atoms with Crippen LogP contribution in [0.4, 0.5) is 14.9 Å². The number of halogens is 1. The highest BCUT2D eigenvalue weighted by Gasteiger charge is 2.23. The Kier molecular flexibility index (Phi) is 4.37. The summed E-state index contributed by atoms with van der Waals surface area (Å²) < 4.78 is 18.3. The number of likely N-dealkylation sites (tertiary alicyclic amines) is 1. The van der Waals surface area contributed by atoms with Crippen LogP contribution in [-0.4, -0.2) is 37.2 Å². The van der Waals surface area contributed by atoms with Gasteiger partial charge in [0.2, 0.25) is 0 Å². The summed E-state index contributed by atoms with van der Waals surface area (Å²) in [6.45, 7) is 3.10. The Balaban J connectivity index is 2.00. The van der Waals surface area contributed by atoms with E-state index >= 15 is 0 Å². The monoisotopic (exact) mass is 266 g/mol. The van der Waals surface area contributed by atoms with Gasteiger partial charge in [0, 0.05) is 25.9 Å². The molecule has 1 aliphatic rings. The molecule has 1 N–H and O–H groups in total. The van der Waals surface area contributed by atoms with Crippen LogP contribution in [0.25, 0.3) is 0 Å². The van der Waals surface area contributed by atoms with Gasteiger partial charge in [-0.05, 0) is 43.5 Å². The normalized spacial score (nSPS) is 19.3. The van der Waals surface area contributed by atoms with Gasteiger partial charge in [-0.1, -0.05) is 0 Å². The molecule has 0 aromatic heterocycles. The second-order valence-electron chi connectivity index (χ2n) is 4.84. The molecule has 0 saturated carbocycles. The standard InChI is InChI=1S/C14H19FN2O2/c1-10-8-11(15)5-6-13(10)16-14(18)17-7-3-4-12(9-17)19-2/h5-6,8,12H,3-4,7,9H2,1-2H3,(H,16,18)/t12-/m1/s1. The average molecular weight is 266 g/mol. The lowest BCUT2D eigenvalue weighted by Gasteiger charge is -2.32. The number of hydrogen-bond donors (Lipinski definition) is 1. The smallest absolute Gasteiger partial charge is 0.321 e. The van der Waals surface area contributed by atoms with E-state index in [1.807, 2.05) is 0 Å². The number of aryl methyl sites for hydroxylation is 1. The van der Waals surface area contributed by atoms with Crippen LogP contribution in [0.3, 0.4) is 0 Å². The van der Waals surface area contributed by atoms with Gasteiger partial charge in [0.15, 0.2) is 0 Å². The van der Waals surface area contributed by atoms with Crippen molar-refractivity contribution < 1.29 is 13.9 Å². The zero-order chi connectivity index (χ0) is 13.8. The van der Waals surface area contributed by atoms with Crippen LogP contribution in [0.5, 0.6) is 0 Å². The Morgan fingerprint density at radius 1 is 1.53 bits per heavy atom. The van der Waals surface area contributed by atoms with E-state index in [0.29, 0.717) is 17.8 Å². The first-order valence-corrected chi connectivity index (χ1v) is 6.45. The molecule has 1 atom stereocenters. The molecule has 4 nitrogen and oxygen atoms in total. The average Bonchev–Trinajstić information content (AvgIpc) is 2.42. The van der Waals surface area contributed by atoms with Crippen molar-refractivity contribution in [2.45, 2.75) is 25.9 Å². The van der Waals surface area contributed by atoms with E-state index in [2.05, 4.69) is 5.32 Å². The molecule has 2 rings (SSSR count). The van der Waals surface area contributed by atoms with Gasteiger partial charge in [-0.3, -0.25) is 0 Å². The van der Waals surface area contributed by atoms with Gasteiger partial charge in [-0.2, -0.15) is 0 Å². The predicted molar refractivity (Wildman–Crippen MR) is 71.8 cm³/mol. The summed E-state index contributed by atoms with van der Waals surface area (Å²) in [5, 5.41) is 2.82. The van der Waals surface area contributed by atoms with E-state index in [0.717, 1.165) is 19.4 Å². The highest BCUT2D eigenvalue weighted by molar-refractivity contribution is 5.90. The number of nitrogens with one attached hydrogen (secondary N) is 1. The van der Waals surface area contributed by atoms with Crippen LogP contribution >= 0.6 is 0 Å². The number of hydrogen-bond acceptors (Lipinski definition) is 2. The van der Waals surface area contributed by atoms with Gasteiger partial charge in [0.1, 0.15) is 5.82 Å². The Morgan fingerprint density at radius 3 is 3.00 bits per heavy atom. The van der Waals surface area contributed by atoms with Crippen LogP contribution in [0.15, 0.2) is 18.2 Å². The molecule has 1 heterocycles. The van der Waals surface area contributed by atoms with Crippen molar-refractivity contribution >= 4 is 11.7 Å². The fourth-order valence-electron chi connectivity index (χ4n) is 2.28. The molecule has 0 aliphatic carbocycles. The van der Waals surface area contributed by atoms with E-state index in [9.17, 15) is 9.18 Å². The minimum Gasteiger partial charge on any atom is -0.380 e. The van der Waals surface area contributed by atoms with E-state index in [-0.39, 0.29) is 18.0 Å². The Hall–Kier alpha value is -1.62. The number of ether oxygens (including phenoxy) is 1. The third kappa shape index (κ3) is 3.44. The summed E-state index contributed by atoms with van der Waals surface area (Å²) in [4.78, 5) is 13.9. The highest BCUT2D eigenvalue weighted by atomic mass is 19.1. The molecule has 1 aliphatic heterocycles. The van der Waals surface area contributed by atoms with Crippen molar-refractivity contribution in [1.29, 1.82) is 0 Å². The van der Waals surface area contributed by atoms with E-state index in [1.54, 1.807) is 25.0 Å². The first kappa shape index (κ1) is 13.8. The molecule has 0 bridgehead atoms. The van der Waals surface area contributed by atoms with Crippen molar-refractivity contribution in [1.82, 2.24) is 4.90 Å².